The summed E-state index contributed by atoms with van der Waals surface area (Å²) >= 11 is 0. The predicted molar refractivity (Wildman–Crippen MR) is 101 cm³/mol. The first-order valence-corrected chi connectivity index (χ1v) is 9.07. The Balaban J connectivity index is 1.56. The molecule has 0 saturated heterocycles. The highest BCUT2D eigenvalue weighted by Crippen LogP contribution is 2.31. The van der Waals surface area contributed by atoms with Crippen LogP contribution in [0.2, 0.25) is 0 Å². The Bertz CT molecular complexity index is 671. The van der Waals surface area contributed by atoms with Gasteiger partial charge in [0.25, 0.3) is 0 Å². The summed E-state index contributed by atoms with van der Waals surface area (Å²) in [6.07, 6.45) is 3.77. The van der Waals surface area contributed by atoms with Crippen LogP contribution in [0, 0.1) is 0 Å². The van der Waals surface area contributed by atoms with Crippen LogP contribution in [-0.4, -0.2) is 31.5 Å². The molecule has 5 nitrogen and oxygen atoms in total. The van der Waals surface area contributed by atoms with Crippen LogP contribution in [0.5, 0.6) is 23.0 Å². The Morgan fingerprint density at radius 3 is 2.00 bits per heavy atom. The Morgan fingerprint density at radius 1 is 0.846 bits per heavy atom. The van der Waals surface area contributed by atoms with Crippen molar-refractivity contribution in [1.29, 1.82) is 0 Å². The molecule has 0 bridgehead atoms. The van der Waals surface area contributed by atoms with E-state index < -0.39 is 0 Å². The molecule has 26 heavy (non-hydrogen) atoms. The topological polar surface area (TPSA) is 60.0 Å². The molecule has 0 aliphatic heterocycles. The van der Waals surface area contributed by atoms with E-state index in [2.05, 4.69) is 17.4 Å². The molecule has 1 saturated carbocycles. The fraction of sp³-hybridized carbons (Fsp3) is 0.429. The van der Waals surface area contributed by atoms with Crippen LogP contribution in [0.4, 0.5) is 0 Å². The quantitative estimate of drug-likeness (QED) is 0.787. The van der Waals surface area contributed by atoms with E-state index >= 15 is 0 Å². The van der Waals surface area contributed by atoms with Gasteiger partial charge < -0.3 is 24.6 Å². The summed E-state index contributed by atoms with van der Waals surface area (Å²) in [6.45, 7) is 0.827. The number of benzene rings is 2. The van der Waals surface area contributed by atoms with E-state index in [0.29, 0.717) is 23.3 Å². The van der Waals surface area contributed by atoms with Gasteiger partial charge in [-0.2, -0.15) is 0 Å². The SMILES string of the molecule is COc1cc(OC)cc(Oc2ccc(CNC3CCC(O)CC3)cc2)c1. The maximum absolute atomic E-state index is 9.57. The second-order valence-electron chi connectivity index (χ2n) is 6.68. The number of aliphatic hydroxyl groups is 1. The third-order valence-electron chi connectivity index (χ3n) is 4.78. The molecular weight excluding hydrogens is 330 g/mol. The smallest absolute Gasteiger partial charge is 0.134 e. The monoisotopic (exact) mass is 357 g/mol. The first kappa shape index (κ1) is 18.5. The fourth-order valence-electron chi connectivity index (χ4n) is 3.19. The number of hydrogen-bond acceptors (Lipinski definition) is 5. The van der Waals surface area contributed by atoms with E-state index in [0.717, 1.165) is 38.0 Å². The molecule has 1 fully saturated rings. The Morgan fingerprint density at radius 2 is 1.42 bits per heavy atom. The van der Waals surface area contributed by atoms with Crippen LogP contribution in [0.25, 0.3) is 0 Å². The number of aliphatic hydroxyl groups excluding tert-OH is 1. The maximum atomic E-state index is 9.57. The molecule has 140 valence electrons. The van der Waals surface area contributed by atoms with Gasteiger partial charge in [0.15, 0.2) is 0 Å². The lowest BCUT2D eigenvalue weighted by Gasteiger charge is -2.26. The van der Waals surface area contributed by atoms with E-state index in [1.165, 1.54) is 5.56 Å². The Labute approximate surface area is 154 Å². The summed E-state index contributed by atoms with van der Waals surface area (Å²) in [6, 6.07) is 14.0. The minimum Gasteiger partial charge on any atom is -0.496 e. The number of ether oxygens (including phenoxy) is 3. The van der Waals surface area contributed by atoms with E-state index in [-0.39, 0.29) is 6.10 Å². The third-order valence-corrected chi connectivity index (χ3v) is 4.78. The molecule has 0 radical (unpaired) electrons. The summed E-state index contributed by atoms with van der Waals surface area (Å²) in [4.78, 5) is 0. The van der Waals surface area contributed by atoms with Crippen LogP contribution in [0.3, 0.4) is 0 Å². The summed E-state index contributed by atoms with van der Waals surface area (Å²) in [5, 5.41) is 13.1. The highest BCUT2D eigenvalue weighted by Gasteiger charge is 2.18. The van der Waals surface area contributed by atoms with E-state index in [1.807, 2.05) is 30.3 Å². The van der Waals surface area contributed by atoms with Crippen LogP contribution >= 0.6 is 0 Å². The van der Waals surface area contributed by atoms with Crippen LogP contribution in [0.1, 0.15) is 31.2 Å². The lowest BCUT2D eigenvalue weighted by Crippen LogP contribution is -2.34. The summed E-state index contributed by atoms with van der Waals surface area (Å²) in [5.74, 6) is 2.83. The average molecular weight is 357 g/mol. The summed E-state index contributed by atoms with van der Waals surface area (Å²) in [5.41, 5.74) is 1.21. The predicted octanol–water partition coefficient (Wildman–Crippen LogP) is 3.89. The van der Waals surface area contributed by atoms with Crippen molar-refractivity contribution in [3.05, 3.63) is 48.0 Å². The van der Waals surface area contributed by atoms with Crippen molar-refractivity contribution >= 4 is 0 Å². The van der Waals surface area contributed by atoms with Gasteiger partial charge in [-0.25, -0.2) is 0 Å². The second-order valence-corrected chi connectivity index (χ2v) is 6.68. The molecule has 0 atom stereocenters. The van der Waals surface area contributed by atoms with Gasteiger partial charge in [0.1, 0.15) is 23.0 Å². The van der Waals surface area contributed by atoms with Gasteiger partial charge in [0.05, 0.1) is 20.3 Å². The van der Waals surface area contributed by atoms with Crippen molar-refractivity contribution in [3.8, 4) is 23.0 Å². The zero-order chi connectivity index (χ0) is 18.4. The van der Waals surface area contributed by atoms with E-state index in [4.69, 9.17) is 14.2 Å². The van der Waals surface area contributed by atoms with Gasteiger partial charge in [0, 0.05) is 30.8 Å². The highest BCUT2D eigenvalue weighted by molar-refractivity contribution is 5.44. The zero-order valence-corrected chi connectivity index (χ0v) is 15.4. The first-order valence-electron chi connectivity index (χ1n) is 9.07. The Hall–Kier alpha value is -2.24. The van der Waals surface area contributed by atoms with Crippen molar-refractivity contribution in [3.63, 3.8) is 0 Å². The van der Waals surface area contributed by atoms with Crippen molar-refractivity contribution in [1.82, 2.24) is 5.32 Å². The third kappa shape index (κ3) is 5.13. The van der Waals surface area contributed by atoms with Gasteiger partial charge in [-0.05, 0) is 43.4 Å². The molecule has 2 aromatic rings. The fourth-order valence-corrected chi connectivity index (χ4v) is 3.19. The zero-order valence-electron chi connectivity index (χ0n) is 15.4. The minimum atomic E-state index is -0.111. The molecule has 3 rings (SSSR count). The Kier molecular flexibility index (Phi) is 6.36. The van der Waals surface area contributed by atoms with Crippen molar-refractivity contribution in [2.75, 3.05) is 14.2 Å². The number of nitrogens with one attached hydrogen (secondary N) is 1. The van der Waals surface area contributed by atoms with Crippen LogP contribution in [-0.2, 0) is 6.54 Å². The normalized spacial score (nSPS) is 19.8. The maximum Gasteiger partial charge on any atom is 0.134 e. The molecule has 0 heterocycles. The lowest BCUT2D eigenvalue weighted by molar-refractivity contribution is 0.116. The van der Waals surface area contributed by atoms with Crippen molar-refractivity contribution < 1.29 is 19.3 Å². The van der Waals surface area contributed by atoms with Crippen LogP contribution < -0.4 is 19.5 Å². The van der Waals surface area contributed by atoms with Gasteiger partial charge >= 0.3 is 0 Å². The molecule has 0 amide bonds. The molecule has 2 aromatic carbocycles. The number of hydrogen-bond donors (Lipinski definition) is 2. The number of methoxy groups -OCH3 is 2. The standard InChI is InChI=1S/C21H27NO4/c1-24-19-11-20(25-2)13-21(12-19)26-18-9-3-15(4-10-18)14-22-16-5-7-17(23)8-6-16/h3-4,9-13,16-17,22-23H,5-8,14H2,1-2H3. The summed E-state index contributed by atoms with van der Waals surface area (Å²) in [7, 11) is 3.24. The van der Waals surface area contributed by atoms with Crippen molar-refractivity contribution in [2.24, 2.45) is 0 Å². The second kappa shape index (κ2) is 8.92. The van der Waals surface area contributed by atoms with E-state index in [9.17, 15) is 5.11 Å². The number of rotatable bonds is 7. The largest absolute Gasteiger partial charge is 0.496 e. The van der Waals surface area contributed by atoms with Crippen molar-refractivity contribution in [2.45, 2.75) is 44.4 Å². The van der Waals surface area contributed by atoms with Gasteiger partial charge in [0.2, 0.25) is 0 Å². The molecule has 2 N–H and O–H groups in total. The molecular formula is C21H27NO4. The average Bonchev–Trinajstić information content (AvgIpc) is 2.68. The molecule has 0 unspecified atom stereocenters. The van der Waals surface area contributed by atoms with Gasteiger partial charge in [-0.3, -0.25) is 0 Å². The molecule has 0 aromatic heterocycles. The van der Waals surface area contributed by atoms with Gasteiger partial charge in [-0.1, -0.05) is 12.1 Å². The molecule has 5 heteroatoms. The summed E-state index contributed by atoms with van der Waals surface area (Å²) < 4.78 is 16.4. The lowest BCUT2D eigenvalue weighted by atomic mass is 9.93. The van der Waals surface area contributed by atoms with Crippen LogP contribution in [0.15, 0.2) is 42.5 Å². The molecule has 1 aliphatic carbocycles. The first-order chi connectivity index (χ1) is 12.7. The molecule has 1 aliphatic rings. The van der Waals surface area contributed by atoms with E-state index in [1.54, 1.807) is 14.2 Å². The molecule has 0 spiro atoms. The highest BCUT2D eigenvalue weighted by atomic mass is 16.5. The minimum absolute atomic E-state index is 0.111. The van der Waals surface area contributed by atoms with Gasteiger partial charge in [-0.15, -0.1) is 0 Å².